The molecule has 1 aliphatic carbocycles. The van der Waals surface area contributed by atoms with Gasteiger partial charge >= 0.3 is 0 Å². The quantitative estimate of drug-likeness (QED) is 0.638. The van der Waals surface area contributed by atoms with Crippen LogP contribution in [0, 0.1) is 19.8 Å². The van der Waals surface area contributed by atoms with Crippen LogP contribution in [0.3, 0.4) is 0 Å². The molecule has 1 saturated heterocycles. The van der Waals surface area contributed by atoms with Gasteiger partial charge in [0.2, 0.25) is 5.91 Å². The fourth-order valence-corrected chi connectivity index (χ4v) is 5.10. The minimum Gasteiger partial charge on any atom is -0.353 e. The first-order valence-corrected chi connectivity index (χ1v) is 12.5. The summed E-state index contributed by atoms with van der Waals surface area (Å²) in [6, 6.07) is 14.4. The normalized spacial score (nSPS) is 18.1. The largest absolute Gasteiger partial charge is 0.353 e. The van der Waals surface area contributed by atoms with Crippen LogP contribution in [-0.2, 0) is 11.3 Å². The average molecular weight is 448 g/mol. The van der Waals surface area contributed by atoms with Gasteiger partial charge in [0, 0.05) is 29.8 Å². The number of nitrogens with zero attached hydrogens (tertiary/aromatic N) is 1. The molecule has 2 fully saturated rings. The molecule has 33 heavy (non-hydrogen) atoms. The summed E-state index contributed by atoms with van der Waals surface area (Å²) in [6.45, 7) is 6.66. The van der Waals surface area contributed by atoms with Crippen molar-refractivity contribution in [3.8, 4) is 0 Å². The molecule has 0 radical (unpaired) electrons. The number of piperidine rings is 1. The molecule has 1 aliphatic heterocycles. The summed E-state index contributed by atoms with van der Waals surface area (Å²) >= 11 is 0. The second-order valence-corrected chi connectivity index (χ2v) is 9.87. The number of hydrogen-bond acceptors (Lipinski definition) is 3. The summed E-state index contributed by atoms with van der Waals surface area (Å²) in [6.07, 6.45) is 7.91. The van der Waals surface area contributed by atoms with Crippen molar-refractivity contribution < 1.29 is 9.59 Å². The predicted molar refractivity (Wildman–Crippen MR) is 133 cm³/mol. The van der Waals surface area contributed by atoms with E-state index in [1.165, 1.54) is 24.8 Å². The zero-order valence-corrected chi connectivity index (χ0v) is 20.0. The van der Waals surface area contributed by atoms with Crippen molar-refractivity contribution in [2.75, 3.05) is 18.4 Å². The van der Waals surface area contributed by atoms with Crippen LogP contribution in [0.25, 0.3) is 0 Å². The van der Waals surface area contributed by atoms with Gasteiger partial charge in [-0.1, -0.05) is 49.1 Å². The van der Waals surface area contributed by atoms with Crippen molar-refractivity contribution in [1.29, 1.82) is 0 Å². The lowest BCUT2D eigenvalue weighted by atomic mass is 9.92. The van der Waals surface area contributed by atoms with E-state index in [1.807, 2.05) is 44.2 Å². The number of likely N-dealkylation sites (tertiary alicyclic amines) is 1. The molecule has 2 aliphatic rings. The lowest BCUT2D eigenvalue weighted by molar-refractivity contribution is -0.127. The number of carbonyl (C=O) groups excluding carboxylic acids is 2. The third-order valence-electron chi connectivity index (χ3n) is 7.14. The second kappa shape index (κ2) is 11.0. The van der Waals surface area contributed by atoms with Gasteiger partial charge in [-0.2, -0.15) is 0 Å². The number of carbonyl (C=O) groups is 2. The Morgan fingerprint density at radius 1 is 0.939 bits per heavy atom. The summed E-state index contributed by atoms with van der Waals surface area (Å²) in [4.78, 5) is 27.9. The van der Waals surface area contributed by atoms with Crippen molar-refractivity contribution in [3.05, 3.63) is 64.7 Å². The first-order chi connectivity index (χ1) is 16.0. The van der Waals surface area contributed by atoms with Gasteiger partial charge in [-0.25, -0.2) is 0 Å². The second-order valence-electron chi connectivity index (χ2n) is 9.87. The number of nitrogens with one attached hydrogen (secondary N) is 2. The van der Waals surface area contributed by atoms with E-state index in [1.54, 1.807) is 0 Å². The van der Waals surface area contributed by atoms with Crippen LogP contribution in [0.15, 0.2) is 42.5 Å². The molecule has 0 unspecified atom stereocenters. The van der Waals surface area contributed by atoms with Gasteiger partial charge in [0.1, 0.15) is 0 Å². The maximum atomic E-state index is 12.8. The Morgan fingerprint density at radius 3 is 2.45 bits per heavy atom. The summed E-state index contributed by atoms with van der Waals surface area (Å²) in [5.41, 5.74) is 4.77. The van der Waals surface area contributed by atoms with Crippen LogP contribution in [0.5, 0.6) is 0 Å². The van der Waals surface area contributed by atoms with Crippen LogP contribution in [0.4, 0.5) is 5.69 Å². The molecule has 5 heteroatoms. The molecule has 2 N–H and O–H groups in total. The molecule has 0 atom stereocenters. The molecule has 2 aromatic rings. The Balaban J connectivity index is 1.28. The zero-order valence-electron chi connectivity index (χ0n) is 20.0. The highest BCUT2D eigenvalue weighted by molar-refractivity contribution is 6.05. The van der Waals surface area contributed by atoms with E-state index in [9.17, 15) is 9.59 Å². The number of anilines is 1. The highest BCUT2D eigenvalue weighted by Crippen LogP contribution is 2.23. The van der Waals surface area contributed by atoms with Gasteiger partial charge in [-0.3, -0.25) is 14.5 Å². The first-order valence-electron chi connectivity index (χ1n) is 12.5. The molecule has 2 aromatic carbocycles. The third-order valence-corrected chi connectivity index (χ3v) is 7.14. The number of rotatable bonds is 6. The summed E-state index contributed by atoms with van der Waals surface area (Å²) < 4.78 is 0. The van der Waals surface area contributed by atoms with Crippen molar-refractivity contribution >= 4 is 17.5 Å². The SMILES string of the molecule is Cc1ccc(C)c(C(=O)Nc2cccc(CN3CCC(C(=O)NC4CCCCC4)CC3)c2)c1. The minimum absolute atomic E-state index is 0.0712. The third kappa shape index (κ3) is 6.44. The lowest BCUT2D eigenvalue weighted by Gasteiger charge is -2.32. The van der Waals surface area contributed by atoms with Gasteiger partial charge in [0.25, 0.3) is 5.91 Å². The lowest BCUT2D eigenvalue weighted by Crippen LogP contribution is -2.44. The van der Waals surface area contributed by atoms with Gasteiger partial charge < -0.3 is 10.6 Å². The van der Waals surface area contributed by atoms with Crippen LogP contribution in [0.1, 0.15) is 72.0 Å². The average Bonchev–Trinajstić information content (AvgIpc) is 2.82. The summed E-state index contributed by atoms with van der Waals surface area (Å²) in [5.74, 6) is 0.335. The van der Waals surface area contributed by atoms with E-state index >= 15 is 0 Å². The summed E-state index contributed by atoms with van der Waals surface area (Å²) in [5, 5.41) is 6.36. The van der Waals surface area contributed by atoms with E-state index in [0.717, 1.165) is 62.1 Å². The van der Waals surface area contributed by atoms with Crippen LogP contribution < -0.4 is 10.6 Å². The van der Waals surface area contributed by atoms with Crippen LogP contribution >= 0.6 is 0 Å². The topological polar surface area (TPSA) is 61.4 Å². The molecule has 4 rings (SSSR count). The Labute approximate surface area is 197 Å². The van der Waals surface area contributed by atoms with Crippen molar-refractivity contribution in [2.24, 2.45) is 5.92 Å². The molecular weight excluding hydrogens is 410 g/mol. The van der Waals surface area contributed by atoms with Gasteiger partial charge in [-0.05, 0) is 81.9 Å². The smallest absolute Gasteiger partial charge is 0.255 e. The Bertz CT molecular complexity index is 973. The fourth-order valence-electron chi connectivity index (χ4n) is 5.10. The number of hydrogen-bond donors (Lipinski definition) is 2. The van der Waals surface area contributed by atoms with Gasteiger partial charge in [0.05, 0.1) is 0 Å². The molecule has 0 spiro atoms. The standard InChI is InChI=1S/C28H37N3O2/c1-20-11-12-21(2)26(17-20)28(33)30-25-10-6-7-22(18-25)19-31-15-13-23(14-16-31)27(32)29-24-8-4-3-5-9-24/h6-7,10-12,17-18,23-24H,3-5,8-9,13-16,19H2,1-2H3,(H,29,32)(H,30,33). The highest BCUT2D eigenvalue weighted by atomic mass is 16.2. The Morgan fingerprint density at radius 2 is 1.70 bits per heavy atom. The van der Waals surface area contributed by atoms with E-state index in [2.05, 4.69) is 27.7 Å². The Hall–Kier alpha value is -2.66. The first kappa shape index (κ1) is 23.5. The van der Waals surface area contributed by atoms with E-state index in [-0.39, 0.29) is 17.7 Å². The monoisotopic (exact) mass is 447 g/mol. The maximum absolute atomic E-state index is 12.8. The van der Waals surface area contributed by atoms with Crippen molar-refractivity contribution in [1.82, 2.24) is 10.2 Å². The number of amides is 2. The molecule has 2 amide bonds. The Kier molecular flexibility index (Phi) is 7.81. The molecule has 176 valence electrons. The molecule has 1 saturated carbocycles. The maximum Gasteiger partial charge on any atom is 0.255 e. The van der Waals surface area contributed by atoms with E-state index in [4.69, 9.17) is 0 Å². The molecule has 1 heterocycles. The van der Waals surface area contributed by atoms with Crippen molar-refractivity contribution in [3.63, 3.8) is 0 Å². The van der Waals surface area contributed by atoms with E-state index < -0.39 is 0 Å². The molecule has 0 aromatic heterocycles. The zero-order chi connectivity index (χ0) is 23.2. The fraction of sp³-hybridized carbons (Fsp3) is 0.500. The van der Waals surface area contributed by atoms with Gasteiger partial charge in [-0.15, -0.1) is 0 Å². The van der Waals surface area contributed by atoms with Gasteiger partial charge in [0.15, 0.2) is 0 Å². The molecular formula is C28H37N3O2. The molecule has 5 nitrogen and oxygen atoms in total. The summed E-state index contributed by atoms with van der Waals surface area (Å²) in [7, 11) is 0. The minimum atomic E-state index is -0.0712. The number of benzene rings is 2. The van der Waals surface area contributed by atoms with Crippen LogP contribution in [0.2, 0.25) is 0 Å². The van der Waals surface area contributed by atoms with Crippen LogP contribution in [-0.4, -0.2) is 35.8 Å². The predicted octanol–water partition coefficient (Wildman–Crippen LogP) is 5.22. The van der Waals surface area contributed by atoms with Crippen molar-refractivity contribution in [2.45, 2.75) is 71.4 Å². The number of aryl methyl sites for hydroxylation is 2. The highest BCUT2D eigenvalue weighted by Gasteiger charge is 2.27. The van der Waals surface area contributed by atoms with E-state index in [0.29, 0.717) is 11.6 Å². The molecule has 0 bridgehead atoms.